The molecule has 0 atom stereocenters. The molecular weight excluding hydrogens is 195 g/mol. The molecule has 1 heterocycles. The molecule has 0 radical (unpaired) electrons. The third-order valence-corrected chi connectivity index (χ3v) is 2.11. The second kappa shape index (κ2) is 3.82. The Kier molecular flexibility index (Phi) is 2.51. The summed E-state index contributed by atoms with van der Waals surface area (Å²) in [5.74, 6) is 0.286. The first kappa shape index (κ1) is 9.86. The van der Waals surface area contributed by atoms with Gasteiger partial charge in [-0.15, -0.1) is 0 Å². The molecule has 4 heteroatoms. The van der Waals surface area contributed by atoms with Crippen LogP contribution in [0.15, 0.2) is 24.4 Å². The molecule has 0 aliphatic heterocycles. The van der Waals surface area contributed by atoms with Crippen LogP contribution >= 0.6 is 0 Å². The van der Waals surface area contributed by atoms with E-state index in [0.29, 0.717) is 17.1 Å². The van der Waals surface area contributed by atoms with E-state index in [-0.39, 0.29) is 12.4 Å². The molecule has 2 aromatic rings. The predicted octanol–water partition coefficient (Wildman–Crippen LogP) is 2.02. The number of rotatable bonds is 2. The number of nitrogens with zero attached hydrogens (tertiary/aromatic N) is 1. The maximum Gasteiger partial charge on any atom is 0.137 e. The van der Waals surface area contributed by atoms with Gasteiger partial charge in [0.2, 0.25) is 0 Å². The van der Waals surface area contributed by atoms with Gasteiger partial charge in [0.05, 0.1) is 18.5 Å². The Hall–Kier alpha value is -1.68. The minimum Gasteiger partial charge on any atom is -0.390 e. The zero-order chi connectivity index (χ0) is 10.8. The van der Waals surface area contributed by atoms with Gasteiger partial charge in [-0.3, -0.25) is 0 Å². The topological polar surface area (TPSA) is 48.9 Å². The lowest BCUT2D eigenvalue weighted by atomic mass is 10.1. The highest BCUT2D eigenvalue weighted by molar-refractivity contribution is 5.56. The van der Waals surface area contributed by atoms with Gasteiger partial charge in [-0.25, -0.2) is 9.37 Å². The van der Waals surface area contributed by atoms with Gasteiger partial charge in [0.25, 0.3) is 0 Å². The van der Waals surface area contributed by atoms with Crippen LogP contribution in [0.1, 0.15) is 11.3 Å². The van der Waals surface area contributed by atoms with Crippen LogP contribution in [0.5, 0.6) is 0 Å². The highest BCUT2D eigenvalue weighted by atomic mass is 19.1. The van der Waals surface area contributed by atoms with Crippen molar-refractivity contribution in [1.29, 1.82) is 0 Å². The molecule has 0 fully saturated rings. The summed E-state index contributed by atoms with van der Waals surface area (Å²) in [6, 6.07) is 4.70. The third kappa shape index (κ3) is 2.05. The van der Waals surface area contributed by atoms with Crippen LogP contribution in [0.25, 0.3) is 11.4 Å². The van der Waals surface area contributed by atoms with Crippen molar-refractivity contribution in [2.45, 2.75) is 13.5 Å². The summed E-state index contributed by atoms with van der Waals surface area (Å²) >= 11 is 0. The second-order valence-corrected chi connectivity index (χ2v) is 3.43. The minimum absolute atomic E-state index is 0.0959. The van der Waals surface area contributed by atoms with Crippen LogP contribution in [0, 0.1) is 12.7 Å². The molecule has 0 amide bonds. The third-order valence-electron chi connectivity index (χ3n) is 2.11. The smallest absolute Gasteiger partial charge is 0.137 e. The molecule has 15 heavy (non-hydrogen) atoms. The number of aliphatic hydroxyl groups excluding tert-OH is 1. The fourth-order valence-electron chi connectivity index (χ4n) is 1.46. The van der Waals surface area contributed by atoms with Gasteiger partial charge in [0.15, 0.2) is 0 Å². The quantitative estimate of drug-likeness (QED) is 0.789. The van der Waals surface area contributed by atoms with Crippen LogP contribution in [-0.2, 0) is 6.61 Å². The first-order valence-corrected chi connectivity index (χ1v) is 4.61. The highest BCUT2D eigenvalue weighted by Gasteiger charge is 2.05. The summed E-state index contributed by atoms with van der Waals surface area (Å²) in [6.07, 6.45) is 1.54. The largest absolute Gasteiger partial charge is 0.390 e. The fourth-order valence-corrected chi connectivity index (χ4v) is 1.46. The van der Waals surface area contributed by atoms with Gasteiger partial charge in [0, 0.05) is 5.56 Å². The number of halogens is 1. The monoisotopic (exact) mass is 206 g/mol. The van der Waals surface area contributed by atoms with Gasteiger partial charge in [0.1, 0.15) is 11.6 Å². The Morgan fingerprint density at radius 3 is 2.80 bits per heavy atom. The molecule has 0 saturated carbocycles. The number of aryl methyl sites for hydroxylation is 1. The lowest BCUT2D eigenvalue weighted by Gasteiger charge is -1.99. The predicted molar refractivity (Wildman–Crippen MR) is 54.6 cm³/mol. The van der Waals surface area contributed by atoms with Gasteiger partial charge in [-0.05, 0) is 30.7 Å². The van der Waals surface area contributed by atoms with Gasteiger partial charge in [-0.1, -0.05) is 0 Å². The Morgan fingerprint density at radius 2 is 2.20 bits per heavy atom. The first-order valence-electron chi connectivity index (χ1n) is 4.61. The summed E-state index contributed by atoms with van der Waals surface area (Å²) < 4.78 is 13.1. The number of aromatic amines is 1. The number of imidazole rings is 1. The number of nitrogens with one attached hydrogen (secondary N) is 1. The molecular formula is C11H11FN2O. The van der Waals surface area contributed by atoms with Gasteiger partial charge in [-0.2, -0.15) is 0 Å². The van der Waals surface area contributed by atoms with E-state index >= 15 is 0 Å². The maximum atomic E-state index is 13.1. The van der Waals surface area contributed by atoms with E-state index in [1.807, 2.05) is 13.0 Å². The molecule has 0 bridgehead atoms. The second-order valence-electron chi connectivity index (χ2n) is 3.43. The van der Waals surface area contributed by atoms with E-state index in [2.05, 4.69) is 9.97 Å². The van der Waals surface area contributed by atoms with Crippen molar-refractivity contribution in [2.24, 2.45) is 0 Å². The summed E-state index contributed by atoms with van der Waals surface area (Å²) in [6.45, 7) is 1.73. The van der Waals surface area contributed by atoms with E-state index in [0.717, 1.165) is 5.56 Å². The molecule has 2 rings (SSSR count). The van der Waals surface area contributed by atoms with Crippen molar-refractivity contribution < 1.29 is 9.50 Å². The molecule has 0 unspecified atom stereocenters. The van der Waals surface area contributed by atoms with Gasteiger partial charge < -0.3 is 10.1 Å². The van der Waals surface area contributed by atoms with Crippen LogP contribution in [0.4, 0.5) is 4.39 Å². The van der Waals surface area contributed by atoms with E-state index in [1.54, 1.807) is 0 Å². The fraction of sp³-hybridized carbons (Fsp3) is 0.182. The molecule has 0 aliphatic carbocycles. The average molecular weight is 206 g/mol. The molecule has 0 aliphatic rings. The summed E-state index contributed by atoms with van der Waals surface area (Å²) in [5, 5.41) is 8.86. The normalized spacial score (nSPS) is 10.6. The van der Waals surface area contributed by atoms with Crippen molar-refractivity contribution in [3.05, 3.63) is 41.5 Å². The molecule has 1 aromatic heterocycles. The molecule has 2 N–H and O–H groups in total. The minimum atomic E-state index is -0.285. The van der Waals surface area contributed by atoms with Crippen molar-refractivity contribution in [3.8, 4) is 11.4 Å². The molecule has 78 valence electrons. The standard InChI is InChI=1S/C11H11FN2O/c1-7-2-8(4-9(12)3-7)11-13-5-10(6-15)14-11/h2-5,15H,6H2,1H3,(H,13,14). The molecule has 3 nitrogen and oxygen atoms in total. The van der Waals surface area contributed by atoms with E-state index < -0.39 is 0 Å². The number of aromatic nitrogens is 2. The van der Waals surface area contributed by atoms with Crippen molar-refractivity contribution in [3.63, 3.8) is 0 Å². The summed E-state index contributed by atoms with van der Waals surface area (Å²) in [4.78, 5) is 6.96. The van der Waals surface area contributed by atoms with Crippen LogP contribution in [0.3, 0.4) is 0 Å². The lowest BCUT2D eigenvalue weighted by Crippen LogP contribution is -1.86. The number of hydrogen-bond acceptors (Lipinski definition) is 2. The maximum absolute atomic E-state index is 13.1. The summed E-state index contributed by atoms with van der Waals surface area (Å²) in [7, 11) is 0. The Morgan fingerprint density at radius 1 is 1.40 bits per heavy atom. The van der Waals surface area contributed by atoms with Crippen LogP contribution < -0.4 is 0 Å². The Labute approximate surface area is 86.6 Å². The number of H-pyrrole nitrogens is 1. The molecule has 0 spiro atoms. The van der Waals surface area contributed by atoms with Crippen molar-refractivity contribution in [1.82, 2.24) is 9.97 Å². The van der Waals surface area contributed by atoms with Crippen molar-refractivity contribution in [2.75, 3.05) is 0 Å². The highest BCUT2D eigenvalue weighted by Crippen LogP contribution is 2.18. The zero-order valence-corrected chi connectivity index (χ0v) is 8.29. The Bertz CT molecular complexity index is 459. The summed E-state index contributed by atoms with van der Waals surface area (Å²) in [5.41, 5.74) is 2.14. The van der Waals surface area contributed by atoms with Crippen molar-refractivity contribution >= 4 is 0 Å². The van der Waals surface area contributed by atoms with E-state index in [1.165, 1.54) is 18.3 Å². The molecule has 0 saturated heterocycles. The van der Waals surface area contributed by atoms with E-state index in [4.69, 9.17) is 5.11 Å². The van der Waals surface area contributed by atoms with Crippen LogP contribution in [0.2, 0.25) is 0 Å². The first-order chi connectivity index (χ1) is 7.19. The SMILES string of the molecule is Cc1cc(F)cc(-c2ncc(CO)[nH]2)c1. The zero-order valence-electron chi connectivity index (χ0n) is 8.29. The number of aliphatic hydroxyl groups is 1. The average Bonchev–Trinajstić information content (AvgIpc) is 2.64. The molecule has 1 aromatic carbocycles. The number of benzene rings is 1. The van der Waals surface area contributed by atoms with E-state index in [9.17, 15) is 4.39 Å². The van der Waals surface area contributed by atoms with Gasteiger partial charge >= 0.3 is 0 Å². The Balaban J connectivity index is 2.44. The van der Waals surface area contributed by atoms with Crippen LogP contribution in [-0.4, -0.2) is 15.1 Å². The lowest BCUT2D eigenvalue weighted by molar-refractivity contribution is 0.277. The number of hydrogen-bond donors (Lipinski definition) is 2.